The zero-order valence-electron chi connectivity index (χ0n) is 57.9. The number of benzene rings is 4. The van der Waals surface area contributed by atoms with E-state index in [2.05, 4.69) is 48.5 Å². The molecule has 4 saturated carbocycles. The van der Waals surface area contributed by atoms with Gasteiger partial charge in [-0.1, -0.05) is 76.2 Å². The average molecular weight is 1190 g/mol. The molecule has 82 heavy (non-hydrogen) atoms. The molecule has 4 bridgehead atoms. The van der Waals surface area contributed by atoms with Gasteiger partial charge in [-0.25, -0.2) is 41.0 Å². The second-order valence-corrected chi connectivity index (χ2v) is 26.5. The molecule has 0 unspecified atom stereocenters. The third-order valence-electron chi connectivity index (χ3n) is 15.7. The van der Waals surface area contributed by atoms with Crippen LogP contribution in [0.1, 0.15) is 151 Å². The second kappa shape index (κ2) is 23.9. The third kappa shape index (κ3) is 13.7. The molecule has 436 valence electrons. The lowest BCUT2D eigenvalue weighted by atomic mass is 9.75. The number of carbonyl (C=O) groups excluding carboxylic acids is 1. The van der Waals surface area contributed by atoms with Crippen molar-refractivity contribution in [3.63, 3.8) is 0 Å². The first-order valence-corrected chi connectivity index (χ1v) is 30.2. The van der Waals surface area contributed by atoms with E-state index in [0.717, 1.165) is 51.0 Å². The number of hydrogen-bond donors (Lipinski definition) is 4. The van der Waals surface area contributed by atoms with Gasteiger partial charge in [0, 0.05) is 63.4 Å². The first kappa shape index (κ1) is 45.8. The van der Waals surface area contributed by atoms with Crippen molar-refractivity contribution in [1.29, 1.82) is 0 Å². The van der Waals surface area contributed by atoms with E-state index in [9.17, 15) is 31.5 Å². The van der Waals surface area contributed by atoms with E-state index in [1.165, 1.54) is 97.8 Å². The normalized spacial score (nSPS) is 22.3. The minimum Gasteiger partial charge on any atom is -0.478 e. The summed E-state index contributed by atoms with van der Waals surface area (Å²) in [5.41, 5.74) is -1.06. The lowest BCUT2D eigenvalue weighted by molar-refractivity contribution is 0.00917. The van der Waals surface area contributed by atoms with E-state index < -0.39 is 71.4 Å². The summed E-state index contributed by atoms with van der Waals surface area (Å²) in [5, 5.41) is 13.0. The predicted octanol–water partition coefficient (Wildman–Crippen LogP) is 11.8. The molecular formula is C62H75ClN8O9S2. The van der Waals surface area contributed by atoms with E-state index in [4.69, 9.17) is 25.9 Å². The highest BCUT2D eigenvalue weighted by molar-refractivity contribution is 7.93. The zero-order chi connectivity index (χ0) is 67.6. The van der Waals surface area contributed by atoms with Gasteiger partial charge in [-0.15, -0.1) is 12.4 Å². The van der Waals surface area contributed by atoms with Crippen LogP contribution >= 0.6 is 12.4 Å². The Kier molecular flexibility index (Phi) is 13.3. The first-order valence-electron chi connectivity index (χ1n) is 33.2. The molecule has 1 amide bonds. The Morgan fingerprint density at radius 1 is 0.805 bits per heavy atom. The Bertz CT molecular complexity index is 3990. The van der Waals surface area contributed by atoms with Crippen LogP contribution in [0.3, 0.4) is 0 Å². The first-order chi connectivity index (χ1) is 43.3. The van der Waals surface area contributed by atoms with Crippen molar-refractivity contribution in [2.45, 2.75) is 153 Å². The number of carboxylic acid groups (broad SMARTS) is 1. The molecule has 20 heteroatoms. The van der Waals surface area contributed by atoms with Gasteiger partial charge in [-0.2, -0.15) is 9.97 Å². The Morgan fingerprint density at radius 3 is 2.01 bits per heavy atom. The molecule has 3 heterocycles. The number of carboxylic acids is 1. The summed E-state index contributed by atoms with van der Waals surface area (Å²) in [7, 11) is -8.81. The molecular weight excluding hydrogens is 1100 g/mol. The van der Waals surface area contributed by atoms with Crippen LogP contribution in [0.5, 0.6) is 11.8 Å². The maximum atomic E-state index is 14.2. The summed E-state index contributed by atoms with van der Waals surface area (Å²) in [6.07, 6.45) is 10.1. The van der Waals surface area contributed by atoms with E-state index in [1.807, 2.05) is 18.7 Å². The molecule has 2 spiro atoms. The number of nitrogens with zero attached hydrogens (tertiary/aromatic N) is 5. The van der Waals surface area contributed by atoms with Crippen LogP contribution in [-0.2, 0) is 20.0 Å². The van der Waals surface area contributed by atoms with Crippen LogP contribution < -0.4 is 24.2 Å². The summed E-state index contributed by atoms with van der Waals surface area (Å²) in [5.74, 6) is -2.24. The SMILES string of the molecule is Cl.[2H]C([2H])([2H])c1cccc(C([2H])([2H])[2H])c1-c1cc(OC[C@@H](CC(C)C)NC2CC3(CC3)C2)nc(NS(=O)(=O)c2cccc(C(=O)O)c2)n1.[2H]C([2H])([2H])c1cccc(C([2H])([2H])[2H])c1-c1cc2nc(n1)NS(=O)(=O)c1cccc(c1)C(=O)N(C1CC3(CC3)C1)[C@H](CC(C)C)CO2. The molecule has 5 aliphatic rings. The van der Waals surface area contributed by atoms with Crippen molar-refractivity contribution < 1.29 is 57.5 Å². The lowest BCUT2D eigenvalue weighted by Gasteiger charge is -2.47. The lowest BCUT2D eigenvalue weighted by Crippen LogP contribution is -2.55. The molecule has 4 fully saturated rings. The van der Waals surface area contributed by atoms with Gasteiger partial charge in [-0.3, -0.25) is 4.79 Å². The monoisotopic (exact) mass is 1190 g/mol. The number of hydrogen-bond acceptors (Lipinski definition) is 13. The van der Waals surface area contributed by atoms with Crippen LogP contribution in [-0.4, -0.2) is 96.0 Å². The smallest absolute Gasteiger partial charge is 0.335 e. The molecule has 0 saturated heterocycles. The van der Waals surface area contributed by atoms with Crippen molar-refractivity contribution in [1.82, 2.24) is 30.2 Å². The van der Waals surface area contributed by atoms with Crippen molar-refractivity contribution in [2.24, 2.45) is 22.7 Å². The highest BCUT2D eigenvalue weighted by Gasteiger charge is 2.56. The molecule has 0 radical (unpaired) electrons. The topological polar surface area (TPSA) is 232 Å². The number of carbonyl (C=O) groups is 2. The van der Waals surface area contributed by atoms with Gasteiger partial charge in [0.1, 0.15) is 13.2 Å². The Labute approximate surface area is 505 Å². The number of ether oxygens (including phenoxy) is 2. The summed E-state index contributed by atoms with van der Waals surface area (Å²) in [4.78, 5) is 44.1. The molecule has 2 aromatic heterocycles. The third-order valence-corrected chi connectivity index (χ3v) is 18.4. The number of aryl methyl sites for hydroxylation is 4. The van der Waals surface area contributed by atoms with Crippen LogP contribution in [0.4, 0.5) is 11.9 Å². The molecule has 4 N–H and O–H groups in total. The minimum absolute atomic E-state index is 0. The van der Waals surface area contributed by atoms with Gasteiger partial charge in [-0.05, 0) is 173 Å². The number of halogens is 1. The maximum Gasteiger partial charge on any atom is 0.335 e. The molecule has 1 aliphatic heterocycles. The Balaban J connectivity index is 0.000000219. The fourth-order valence-electron chi connectivity index (χ4n) is 11.4. The predicted molar refractivity (Wildman–Crippen MR) is 319 cm³/mol. The van der Waals surface area contributed by atoms with E-state index in [0.29, 0.717) is 23.8 Å². The van der Waals surface area contributed by atoms with Gasteiger partial charge in [0.2, 0.25) is 23.7 Å². The largest absolute Gasteiger partial charge is 0.478 e. The van der Waals surface area contributed by atoms with Crippen LogP contribution in [0.25, 0.3) is 22.5 Å². The maximum absolute atomic E-state index is 14.2. The van der Waals surface area contributed by atoms with Gasteiger partial charge in [0.15, 0.2) is 0 Å². The molecule has 17 nitrogen and oxygen atoms in total. The number of rotatable bonds is 16. The number of anilines is 2. The van der Waals surface area contributed by atoms with Gasteiger partial charge in [0.25, 0.3) is 26.0 Å². The highest BCUT2D eigenvalue weighted by Crippen LogP contribution is 2.62. The standard InChI is InChI=1S/C31H38N4O5S.C31H36N4O4S.ClH/c1-19(2)13-23(32-24-16-31(17-24)11-12-31)18-40-27-15-26(28-20(3)7-5-8-21(28)4)33-30(34-27)35-41(38,39)25-10-6-9-22(14-25)29(36)37;1-19(2)13-23-18-39-27-15-26(28-20(3)7-5-8-21(28)4)32-30(33-27)34-40(37,38)25-10-6-9-22(14-25)29(36)35(23)24-16-31(17-24)11-12-31;/h5-10,14-15,19,23-24,32H,11-13,16-18H2,1-4H3,(H,36,37)(H,33,34,35);5-10,14-15,19,23-24H,11-13,16-18H2,1-4H3,(H,32,33,34);1H/t2*23-;/m11./s1/i2*3D3,4D3;. The van der Waals surface area contributed by atoms with Gasteiger partial charge in [0.05, 0.1) is 32.8 Å². The molecule has 4 aliphatic carbocycles. The van der Waals surface area contributed by atoms with Crippen molar-refractivity contribution in [3.05, 3.63) is 130 Å². The summed E-state index contributed by atoms with van der Waals surface area (Å²) >= 11 is 0. The Morgan fingerprint density at radius 2 is 1.41 bits per heavy atom. The van der Waals surface area contributed by atoms with E-state index in [-0.39, 0.29) is 132 Å². The summed E-state index contributed by atoms with van der Waals surface area (Å²) < 4.78 is 168. The zero-order valence-corrected chi connectivity index (χ0v) is 48.3. The molecule has 11 rings (SSSR count). The fourth-order valence-corrected chi connectivity index (χ4v) is 13.4. The average Bonchev–Trinajstić information content (AvgIpc) is 1.46. The number of sulfonamides is 2. The Hall–Kier alpha value is -6.67. The van der Waals surface area contributed by atoms with E-state index >= 15 is 0 Å². The van der Waals surface area contributed by atoms with Crippen molar-refractivity contribution in [3.8, 4) is 34.3 Å². The van der Waals surface area contributed by atoms with Gasteiger partial charge >= 0.3 is 5.97 Å². The molecule has 2 atom stereocenters. The number of fused-ring (bicyclic) bond motifs is 4. The van der Waals surface area contributed by atoms with Crippen LogP contribution in [0, 0.1) is 50.1 Å². The highest BCUT2D eigenvalue weighted by atomic mass is 35.5. The quantitative estimate of drug-likeness (QED) is 0.0706. The second-order valence-electron chi connectivity index (χ2n) is 23.1. The van der Waals surface area contributed by atoms with Crippen LogP contribution in [0.2, 0.25) is 0 Å². The van der Waals surface area contributed by atoms with Crippen molar-refractivity contribution in [2.75, 3.05) is 22.7 Å². The summed E-state index contributed by atoms with van der Waals surface area (Å²) in [6.45, 7) is -2.47. The minimum atomic E-state index is -4.45. The number of aromatic carboxylic acids is 1. The van der Waals surface area contributed by atoms with Crippen LogP contribution in [0.15, 0.2) is 107 Å². The fraction of sp³-hybridized carbons (Fsp3) is 0.452. The molecule has 6 aromatic rings. The number of aromatic nitrogens is 4. The van der Waals surface area contributed by atoms with Gasteiger partial charge < -0.3 is 24.8 Å². The van der Waals surface area contributed by atoms with Crippen molar-refractivity contribution >= 4 is 56.2 Å². The number of nitrogens with one attached hydrogen (secondary N) is 3. The number of amides is 1. The summed E-state index contributed by atoms with van der Waals surface area (Å²) in [6, 6.07) is 20.8. The van der Waals surface area contributed by atoms with E-state index in [1.54, 1.807) is 6.07 Å². The molecule has 4 aromatic carbocycles.